The number of para-hydroxylation sites is 1. The molecule has 1 aliphatic heterocycles. The van der Waals surface area contributed by atoms with E-state index >= 15 is 0 Å². The molecule has 1 aliphatic rings. The minimum atomic E-state index is 0.374. The third-order valence-corrected chi connectivity index (χ3v) is 5.57. The third-order valence-electron chi connectivity index (χ3n) is 5.32. The maximum Gasteiger partial charge on any atom is 0.224 e. The predicted molar refractivity (Wildman–Crippen MR) is 119 cm³/mol. The van der Waals surface area contributed by atoms with Crippen molar-refractivity contribution in [2.24, 2.45) is 0 Å². The van der Waals surface area contributed by atoms with Crippen molar-refractivity contribution >= 4 is 17.4 Å². The Kier molecular flexibility index (Phi) is 6.35. The van der Waals surface area contributed by atoms with Gasteiger partial charge in [-0.15, -0.1) is 0 Å². The number of methoxy groups -OCH3 is 1. The van der Waals surface area contributed by atoms with Crippen LogP contribution in [0.1, 0.15) is 12.5 Å². The van der Waals surface area contributed by atoms with Crippen LogP contribution in [0.2, 0.25) is 5.02 Å². The number of hydrogen-bond acceptors (Lipinski definition) is 6. The number of hydrogen-bond donors (Lipinski definition) is 0. The molecule has 1 fully saturated rings. The topological polar surface area (TPSA) is 50.7 Å². The molecular weight excluding hydrogens is 400 g/mol. The fraction of sp³-hybridized carbons (Fsp3) is 0.304. The lowest BCUT2D eigenvalue weighted by Gasteiger charge is -2.40. The number of ether oxygens (including phenoxy) is 2. The van der Waals surface area contributed by atoms with Gasteiger partial charge in [0.25, 0.3) is 0 Å². The minimum absolute atomic E-state index is 0.374. The zero-order chi connectivity index (χ0) is 20.9. The lowest BCUT2D eigenvalue weighted by molar-refractivity contribution is 0.178. The first-order valence-electron chi connectivity index (χ1n) is 9.99. The molecule has 3 aromatic rings. The molecule has 7 heteroatoms. The first-order valence-corrected chi connectivity index (χ1v) is 10.4. The summed E-state index contributed by atoms with van der Waals surface area (Å²) < 4.78 is 11.4. The van der Waals surface area contributed by atoms with Gasteiger partial charge >= 0.3 is 0 Å². The average molecular weight is 425 g/mol. The monoisotopic (exact) mass is 424 g/mol. The lowest BCUT2D eigenvalue weighted by Crippen LogP contribution is -2.51. The van der Waals surface area contributed by atoms with Gasteiger partial charge < -0.3 is 14.4 Å². The van der Waals surface area contributed by atoms with E-state index in [1.807, 2.05) is 30.3 Å². The Hall–Kier alpha value is -2.83. The van der Waals surface area contributed by atoms with Crippen molar-refractivity contribution in [2.45, 2.75) is 19.5 Å². The van der Waals surface area contributed by atoms with Crippen LogP contribution in [0.25, 0.3) is 0 Å². The molecule has 0 bridgehead atoms. The maximum atomic E-state index is 5.94. The highest BCUT2D eigenvalue weighted by atomic mass is 35.5. The Morgan fingerprint density at radius 2 is 1.87 bits per heavy atom. The Balaban J connectivity index is 1.41. The Labute approximate surface area is 182 Å². The summed E-state index contributed by atoms with van der Waals surface area (Å²) in [7, 11) is 1.72. The fourth-order valence-electron chi connectivity index (χ4n) is 3.67. The van der Waals surface area contributed by atoms with Crippen molar-refractivity contribution in [3.8, 4) is 17.4 Å². The van der Waals surface area contributed by atoms with E-state index in [4.69, 9.17) is 21.1 Å². The normalized spacial score (nSPS) is 17.0. The largest absolute Gasteiger partial charge is 0.496 e. The summed E-state index contributed by atoms with van der Waals surface area (Å²) in [6, 6.07) is 17.7. The van der Waals surface area contributed by atoms with Crippen LogP contribution in [0, 0.1) is 0 Å². The summed E-state index contributed by atoms with van der Waals surface area (Å²) >= 11 is 5.94. The molecule has 0 N–H and O–H groups in total. The molecule has 2 heterocycles. The number of halogens is 1. The van der Waals surface area contributed by atoms with Gasteiger partial charge in [0.2, 0.25) is 5.88 Å². The van der Waals surface area contributed by atoms with E-state index in [-0.39, 0.29) is 0 Å². The first kappa shape index (κ1) is 20.4. The highest BCUT2D eigenvalue weighted by Gasteiger charge is 2.25. The summed E-state index contributed by atoms with van der Waals surface area (Å²) in [5.41, 5.74) is 1.21. The van der Waals surface area contributed by atoms with Crippen molar-refractivity contribution in [1.82, 2.24) is 14.9 Å². The molecule has 1 saturated heterocycles. The molecule has 4 rings (SSSR count). The van der Waals surface area contributed by atoms with Crippen molar-refractivity contribution in [2.75, 3.05) is 31.6 Å². The summed E-state index contributed by atoms with van der Waals surface area (Å²) in [6.07, 6.45) is 1.55. The van der Waals surface area contributed by atoms with Gasteiger partial charge in [-0.1, -0.05) is 29.8 Å². The van der Waals surface area contributed by atoms with E-state index in [0.717, 1.165) is 37.7 Å². The van der Waals surface area contributed by atoms with E-state index < -0.39 is 0 Å². The maximum absolute atomic E-state index is 5.94. The predicted octanol–water partition coefficient (Wildman–Crippen LogP) is 4.64. The Bertz CT molecular complexity index is 983. The summed E-state index contributed by atoms with van der Waals surface area (Å²) in [6.45, 7) is 5.82. The summed E-state index contributed by atoms with van der Waals surface area (Å²) in [4.78, 5) is 13.5. The second-order valence-electron chi connectivity index (χ2n) is 7.35. The zero-order valence-electron chi connectivity index (χ0n) is 17.2. The van der Waals surface area contributed by atoms with Gasteiger partial charge in [-0.25, -0.2) is 9.97 Å². The van der Waals surface area contributed by atoms with Crippen molar-refractivity contribution in [3.63, 3.8) is 0 Å². The molecular formula is C23H25ClN4O2. The van der Waals surface area contributed by atoms with E-state index in [0.29, 0.717) is 22.7 Å². The quantitative estimate of drug-likeness (QED) is 0.574. The second-order valence-corrected chi connectivity index (χ2v) is 7.78. The van der Waals surface area contributed by atoms with Gasteiger partial charge in [0.15, 0.2) is 0 Å². The Morgan fingerprint density at radius 1 is 1.07 bits per heavy atom. The van der Waals surface area contributed by atoms with Gasteiger partial charge in [-0.3, -0.25) is 4.90 Å². The van der Waals surface area contributed by atoms with E-state index in [2.05, 4.69) is 38.8 Å². The minimum Gasteiger partial charge on any atom is -0.496 e. The molecule has 30 heavy (non-hydrogen) atoms. The number of benzene rings is 2. The fourth-order valence-corrected chi connectivity index (χ4v) is 3.80. The van der Waals surface area contributed by atoms with Crippen LogP contribution in [0.4, 0.5) is 5.82 Å². The summed E-state index contributed by atoms with van der Waals surface area (Å²) in [5.74, 6) is 3.02. The highest BCUT2D eigenvalue weighted by molar-refractivity contribution is 6.30. The average Bonchev–Trinajstić information content (AvgIpc) is 2.77. The SMILES string of the molecule is COc1ccccc1CN1CCN(c2cc(Oc3ccc(Cl)cc3)ncn2)C[C@@H]1C. The second kappa shape index (κ2) is 9.32. The molecule has 1 aromatic heterocycles. The van der Waals surface area contributed by atoms with Crippen molar-refractivity contribution < 1.29 is 9.47 Å². The Morgan fingerprint density at radius 3 is 2.63 bits per heavy atom. The van der Waals surface area contributed by atoms with Crippen LogP contribution in [-0.4, -0.2) is 47.7 Å². The van der Waals surface area contributed by atoms with Gasteiger partial charge in [-0.05, 0) is 37.3 Å². The molecule has 0 saturated carbocycles. The van der Waals surface area contributed by atoms with Crippen molar-refractivity contribution in [3.05, 3.63) is 71.5 Å². The van der Waals surface area contributed by atoms with Crippen LogP contribution in [-0.2, 0) is 6.54 Å². The lowest BCUT2D eigenvalue weighted by atomic mass is 10.1. The highest BCUT2D eigenvalue weighted by Crippen LogP contribution is 2.26. The summed E-state index contributed by atoms with van der Waals surface area (Å²) in [5, 5.41) is 0.672. The third kappa shape index (κ3) is 4.83. The van der Waals surface area contributed by atoms with Crippen LogP contribution in [0.15, 0.2) is 60.9 Å². The molecule has 0 spiro atoms. The van der Waals surface area contributed by atoms with Gasteiger partial charge in [0.1, 0.15) is 23.6 Å². The number of anilines is 1. The standard InChI is InChI=1S/C23H25ClN4O2/c1-17-14-28(12-11-27(17)15-18-5-3-4-6-21(18)29-2)22-13-23(26-16-25-22)30-20-9-7-19(24)8-10-20/h3-10,13,16-17H,11-12,14-15H2,1-2H3/t17-/m0/s1. The van der Waals surface area contributed by atoms with Crippen molar-refractivity contribution in [1.29, 1.82) is 0 Å². The number of nitrogens with zero attached hydrogens (tertiary/aromatic N) is 4. The number of aromatic nitrogens is 2. The molecule has 0 unspecified atom stereocenters. The van der Waals surface area contributed by atoms with Gasteiger partial charge in [0, 0.05) is 48.9 Å². The zero-order valence-corrected chi connectivity index (χ0v) is 17.9. The van der Waals surface area contributed by atoms with Gasteiger partial charge in [-0.2, -0.15) is 0 Å². The molecule has 2 aromatic carbocycles. The molecule has 156 valence electrons. The van der Waals surface area contributed by atoms with E-state index in [1.165, 1.54) is 5.56 Å². The molecule has 6 nitrogen and oxygen atoms in total. The molecule has 0 aliphatic carbocycles. The van der Waals surface area contributed by atoms with Crippen LogP contribution >= 0.6 is 11.6 Å². The number of piperazine rings is 1. The van der Waals surface area contributed by atoms with Crippen LogP contribution in [0.5, 0.6) is 17.4 Å². The van der Waals surface area contributed by atoms with Crippen LogP contribution in [0.3, 0.4) is 0 Å². The van der Waals surface area contributed by atoms with Crippen LogP contribution < -0.4 is 14.4 Å². The number of rotatable bonds is 6. The molecule has 1 atom stereocenters. The molecule has 0 amide bonds. The van der Waals surface area contributed by atoms with Gasteiger partial charge in [0.05, 0.1) is 7.11 Å². The molecule has 0 radical (unpaired) electrons. The first-order chi connectivity index (χ1) is 14.6. The van der Waals surface area contributed by atoms with E-state index in [1.54, 1.807) is 25.6 Å². The van der Waals surface area contributed by atoms with E-state index in [9.17, 15) is 0 Å². The smallest absolute Gasteiger partial charge is 0.224 e.